The van der Waals surface area contributed by atoms with Crippen LogP contribution in [0.3, 0.4) is 0 Å². The summed E-state index contributed by atoms with van der Waals surface area (Å²) in [4.78, 5) is 18.3. The van der Waals surface area contributed by atoms with E-state index in [-0.39, 0.29) is 16.1 Å². The molecule has 0 aliphatic heterocycles. The number of para-hydroxylation sites is 2. The molecule has 1 unspecified atom stereocenters. The van der Waals surface area contributed by atoms with Crippen LogP contribution in [-0.2, 0) is 14.8 Å². The number of hydrogen-bond donors (Lipinski definition) is 2. The number of rotatable bonds is 8. The van der Waals surface area contributed by atoms with Crippen molar-refractivity contribution in [2.45, 2.75) is 22.0 Å². The second-order valence-corrected chi connectivity index (χ2v) is 11.4. The Morgan fingerprint density at radius 1 is 0.838 bits per heavy atom. The van der Waals surface area contributed by atoms with Crippen LogP contribution in [0.5, 0.6) is 0 Å². The van der Waals surface area contributed by atoms with Crippen molar-refractivity contribution < 1.29 is 17.6 Å². The van der Waals surface area contributed by atoms with Gasteiger partial charge in [-0.05, 0) is 79.7 Å². The third-order valence-electron chi connectivity index (χ3n) is 5.54. The van der Waals surface area contributed by atoms with Gasteiger partial charge in [-0.3, -0.25) is 9.52 Å². The molecule has 0 aliphatic rings. The van der Waals surface area contributed by atoms with E-state index in [9.17, 15) is 13.2 Å². The van der Waals surface area contributed by atoms with Gasteiger partial charge in [-0.2, -0.15) is 0 Å². The van der Waals surface area contributed by atoms with E-state index in [0.29, 0.717) is 17.3 Å². The summed E-state index contributed by atoms with van der Waals surface area (Å²) in [7, 11) is -3.66. The molecule has 5 rings (SSSR count). The quantitative estimate of drug-likeness (QED) is 0.225. The number of nitrogens with zero attached hydrogens (tertiary/aromatic N) is 1. The second kappa shape index (κ2) is 10.5. The highest BCUT2D eigenvalue weighted by atomic mass is 32.2. The first-order valence-corrected chi connectivity index (χ1v) is 13.9. The fourth-order valence-corrected chi connectivity index (χ4v) is 5.56. The zero-order chi connectivity index (χ0) is 25.8. The molecule has 0 fully saturated rings. The van der Waals surface area contributed by atoms with Gasteiger partial charge in [0.2, 0.25) is 11.8 Å². The van der Waals surface area contributed by atoms with E-state index >= 15 is 0 Å². The average molecular weight is 530 g/mol. The van der Waals surface area contributed by atoms with E-state index in [1.807, 2.05) is 55.5 Å². The summed E-state index contributed by atoms with van der Waals surface area (Å²) < 4.78 is 33.3. The minimum absolute atomic E-state index is 0.145. The Morgan fingerprint density at radius 2 is 1.49 bits per heavy atom. The zero-order valence-corrected chi connectivity index (χ0v) is 21.4. The lowest BCUT2D eigenvalue weighted by atomic mass is 10.2. The van der Waals surface area contributed by atoms with Crippen molar-refractivity contribution >= 4 is 50.2 Å². The number of fused-ring (bicyclic) bond motifs is 1. The molecule has 1 aromatic heterocycles. The van der Waals surface area contributed by atoms with Gasteiger partial charge in [-0.15, -0.1) is 11.8 Å². The summed E-state index contributed by atoms with van der Waals surface area (Å²) in [5.74, 6) is 0.381. The van der Waals surface area contributed by atoms with Crippen molar-refractivity contribution in [3.63, 3.8) is 0 Å². The third-order valence-corrected chi connectivity index (χ3v) is 8.04. The molecule has 1 heterocycles. The molecule has 1 amide bonds. The van der Waals surface area contributed by atoms with Gasteiger partial charge in [-0.1, -0.05) is 30.3 Å². The average Bonchev–Trinajstić information content (AvgIpc) is 3.35. The highest BCUT2D eigenvalue weighted by Gasteiger charge is 2.17. The smallest absolute Gasteiger partial charge is 0.261 e. The number of sulfonamides is 1. The van der Waals surface area contributed by atoms with Crippen molar-refractivity contribution in [2.75, 3.05) is 10.0 Å². The van der Waals surface area contributed by atoms with Gasteiger partial charge < -0.3 is 9.73 Å². The Labute approximate surface area is 219 Å². The number of anilines is 2. The highest BCUT2D eigenvalue weighted by molar-refractivity contribution is 8.00. The van der Waals surface area contributed by atoms with Crippen LogP contribution in [0.2, 0.25) is 0 Å². The molecule has 186 valence electrons. The number of nitrogens with one attached hydrogen (secondary N) is 2. The predicted molar refractivity (Wildman–Crippen MR) is 147 cm³/mol. The molecule has 0 saturated carbocycles. The van der Waals surface area contributed by atoms with Gasteiger partial charge in [-0.25, -0.2) is 13.4 Å². The van der Waals surface area contributed by atoms with Crippen molar-refractivity contribution in [3.8, 4) is 11.5 Å². The lowest BCUT2D eigenvalue weighted by Crippen LogP contribution is -2.22. The fraction of sp³-hybridized carbons (Fsp3) is 0.0714. The van der Waals surface area contributed by atoms with Crippen LogP contribution in [0.4, 0.5) is 11.4 Å². The van der Waals surface area contributed by atoms with Crippen LogP contribution in [0.25, 0.3) is 22.6 Å². The lowest BCUT2D eigenvalue weighted by molar-refractivity contribution is -0.115. The number of amides is 1. The molecular weight excluding hydrogens is 506 g/mol. The maximum absolute atomic E-state index is 12.7. The topological polar surface area (TPSA) is 101 Å². The highest BCUT2D eigenvalue weighted by Crippen LogP contribution is 2.28. The van der Waals surface area contributed by atoms with Gasteiger partial charge in [0.1, 0.15) is 5.52 Å². The molecule has 0 bridgehead atoms. The van der Waals surface area contributed by atoms with E-state index in [0.717, 1.165) is 21.6 Å². The number of oxazole rings is 1. The Bertz CT molecular complexity index is 1600. The molecule has 9 heteroatoms. The summed E-state index contributed by atoms with van der Waals surface area (Å²) >= 11 is 1.38. The fourth-order valence-electron chi connectivity index (χ4n) is 3.61. The molecule has 5 aromatic rings. The minimum Gasteiger partial charge on any atom is -0.436 e. The SMILES string of the molecule is CC(Sc1ccc(NS(=O)(=O)c2ccccc2)cc1)C(=O)Nc1ccc(-c2nc3ccccc3o2)cc1. The Kier molecular flexibility index (Phi) is 6.98. The van der Waals surface area contributed by atoms with Crippen LogP contribution >= 0.6 is 11.8 Å². The molecule has 4 aromatic carbocycles. The van der Waals surface area contributed by atoms with Gasteiger partial charge in [0, 0.05) is 21.8 Å². The summed E-state index contributed by atoms with van der Waals surface area (Å²) in [5.41, 5.74) is 3.46. The van der Waals surface area contributed by atoms with Crippen LogP contribution in [0, 0.1) is 0 Å². The van der Waals surface area contributed by atoms with Crippen molar-refractivity contribution in [2.24, 2.45) is 0 Å². The largest absolute Gasteiger partial charge is 0.436 e. The first-order valence-electron chi connectivity index (χ1n) is 11.5. The summed E-state index contributed by atoms with van der Waals surface area (Å²) in [6, 6.07) is 30.0. The lowest BCUT2D eigenvalue weighted by Gasteiger charge is -2.13. The molecule has 7 nitrogen and oxygen atoms in total. The molecular formula is C28H23N3O4S2. The summed E-state index contributed by atoms with van der Waals surface area (Å²) in [5, 5.41) is 2.55. The Hall–Kier alpha value is -4.08. The number of carbonyl (C=O) groups is 1. The molecule has 0 radical (unpaired) electrons. The van der Waals surface area contributed by atoms with Gasteiger partial charge in [0.25, 0.3) is 10.0 Å². The number of benzene rings is 4. The number of aromatic nitrogens is 1. The molecule has 1 atom stereocenters. The maximum Gasteiger partial charge on any atom is 0.261 e. The molecule has 37 heavy (non-hydrogen) atoms. The molecule has 2 N–H and O–H groups in total. The second-order valence-electron chi connectivity index (χ2n) is 8.26. The van der Waals surface area contributed by atoms with Crippen molar-refractivity contribution in [1.82, 2.24) is 4.98 Å². The third kappa shape index (κ3) is 5.84. The van der Waals surface area contributed by atoms with E-state index < -0.39 is 10.0 Å². The Balaban J connectivity index is 1.18. The van der Waals surface area contributed by atoms with E-state index in [1.54, 1.807) is 42.5 Å². The van der Waals surface area contributed by atoms with Crippen LogP contribution < -0.4 is 10.0 Å². The standard InChI is InChI=1S/C28H23N3O4S2/c1-19(36-23-17-15-22(16-18-23)31-37(33,34)24-7-3-2-4-8-24)27(32)29-21-13-11-20(12-14-21)28-30-25-9-5-6-10-26(25)35-28/h2-19,31H,1H3,(H,29,32). The zero-order valence-electron chi connectivity index (χ0n) is 19.8. The van der Waals surface area contributed by atoms with Crippen molar-refractivity contribution in [1.29, 1.82) is 0 Å². The number of thioether (sulfide) groups is 1. The maximum atomic E-state index is 12.7. The van der Waals surface area contributed by atoms with Gasteiger partial charge in [0.15, 0.2) is 5.58 Å². The predicted octanol–water partition coefficient (Wildman–Crippen LogP) is 6.41. The Morgan fingerprint density at radius 3 is 2.19 bits per heavy atom. The van der Waals surface area contributed by atoms with Crippen molar-refractivity contribution in [3.05, 3.63) is 103 Å². The normalized spacial score (nSPS) is 12.2. The number of hydrogen-bond acceptors (Lipinski definition) is 6. The summed E-state index contributed by atoms with van der Waals surface area (Å²) in [6.07, 6.45) is 0. The molecule has 0 saturated heterocycles. The monoisotopic (exact) mass is 529 g/mol. The first-order chi connectivity index (χ1) is 17.9. The minimum atomic E-state index is -3.66. The number of carbonyl (C=O) groups excluding carboxylic acids is 1. The van der Waals surface area contributed by atoms with Crippen LogP contribution in [0.15, 0.2) is 117 Å². The van der Waals surface area contributed by atoms with E-state index in [1.165, 1.54) is 23.9 Å². The van der Waals surface area contributed by atoms with Crippen LogP contribution in [0.1, 0.15) is 6.92 Å². The molecule has 0 aliphatic carbocycles. The van der Waals surface area contributed by atoms with E-state index in [4.69, 9.17) is 4.42 Å². The molecule has 0 spiro atoms. The van der Waals surface area contributed by atoms with E-state index in [2.05, 4.69) is 15.0 Å². The summed E-state index contributed by atoms with van der Waals surface area (Å²) in [6.45, 7) is 1.82. The van der Waals surface area contributed by atoms with Gasteiger partial charge >= 0.3 is 0 Å². The van der Waals surface area contributed by atoms with Crippen LogP contribution in [-0.4, -0.2) is 24.6 Å². The van der Waals surface area contributed by atoms with Gasteiger partial charge in [0.05, 0.1) is 10.1 Å². The first kappa shape index (κ1) is 24.6.